The Balaban J connectivity index is 1.32. The summed E-state index contributed by atoms with van der Waals surface area (Å²) >= 11 is 0. The van der Waals surface area contributed by atoms with Gasteiger partial charge in [-0.2, -0.15) is 0 Å². The summed E-state index contributed by atoms with van der Waals surface area (Å²) in [5, 5.41) is 3.51. The number of ether oxygens (including phenoxy) is 3. The fourth-order valence-electron chi connectivity index (χ4n) is 4.71. The first kappa shape index (κ1) is 25.2. The summed E-state index contributed by atoms with van der Waals surface area (Å²) in [7, 11) is 1.53. The number of fused-ring (bicyclic) bond motifs is 2. The van der Waals surface area contributed by atoms with Crippen LogP contribution in [0.5, 0.6) is 5.75 Å². The molecule has 2 aliphatic rings. The lowest BCUT2D eigenvalue weighted by atomic mass is 10.0. The van der Waals surface area contributed by atoms with Crippen LogP contribution in [0.4, 0.5) is 20.3 Å². The number of nitrogens with zero attached hydrogens (tertiary/aromatic N) is 3. The van der Waals surface area contributed by atoms with Crippen molar-refractivity contribution in [1.82, 2.24) is 14.9 Å². The van der Waals surface area contributed by atoms with Crippen LogP contribution in [-0.2, 0) is 20.7 Å². The molecule has 5 rings (SSSR count). The van der Waals surface area contributed by atoms with Crippen molar-refractivity contribution in [1.29, 1.82) is 0 Å². The lowest BCUT2D eigenvalue weighted by Crippen LogP contribution is -2.36. The van der Waals surface area contributed by atoms with E-state index in [1.165, 1.54) is 32.5 Å². The SMILES string of the molecule is COc1cc2ncnc(Nc3ccc(F)c(C)c3F)c2cc1CC(=O)/C=C/CN1C[C@@H]2OCCO[C@@H]2C1. The Morgan fingerprint density at radius 1 is 1.19 bits per heavy atom. The van der Waals surface area contributed by atoms with Crippen LogP contribution in [0.1, 0.15) is 11.1 Å². The van der Waals surface area contributed by atoms with E-state index >= 15 is 0 Å². The van der Waals surface area contributed by atoms with Gasteiger partial charge in [0.15, 0.2) is 11.6 Å². The second-order valence-electron chi connectivity index (χ2n) is 9.14. The minimum absolute atomic E-state index is 0.0872. The molecule has 1 aromatic heterocycles. The molecule has 0 bridgehead atoms. The summed E-state index contributed by atoms with van der Waals surface area (Å²) in [6, 6.07) is 5.99. The van der Waals surface area contributed by atoms with Gasteiger partial charge in [-0.1, -0.05) is 6.08 Å². The number of nitrogens with one attached hydrogen (secondary N) is 1. The number of hydrogen-bond donors (Lipinski definition) is 1. The highest BCUT2D eigenvalue weighted by atomic mass is 19.1. The van der Waals surface area contributed by atoms with Crippen LogP contribution in [0.25, 0.3) is 10.9 Å². The average Bonchev–Trinajstić information content (AvgIpc) is 3.31. The molecule has 0 amide bonds. The van der Waals surface area contributed by atoms with Crippen LogP contribution in [0.2, 0.25) is 0 Å². The number of ketones is 1. The van der Waals surface area contributed by atoms with Gasteiger partial charge >= 0.3 is 0 Å². The fraction of sp³-hybridized carbons (Fsp3) is 0.370. The smallest absolute Gasteiger partial charge is 0.159 e. The third-order valence-corrected chi connectivity index (χ3v) is 6.68. The topological polar surface area (TPSA) is 85.8 Å². The zero-order chi connectivity index (χ0) is 25.9. The molecule has 2 aliphatic heterocycles. The number of hydrogen-bond acceptors (Lipinski definition) is 8. The first-order valence-corrected chi connectivity index (χ1v) is 12.1. The Morgan fingerprint density at radius 2 is 1.95 bits per heavy atom. The van der Waals surface area contributed by atoms with Gasteiger partial charge in [0, 0.05) is 48.6 Å². The number of halogens is 2. The van der Waals surface area contributed by atoms with Crippen molar-refractivity contribution >= 4 is 28.2 Å². The molecule has 0 radical (unpaired) electrons. The maximum atomic E-state index is 14.6. The van der Waals surface area contributed by atoms with E-state index < -0.39 is 11.6 Å². The van der Waals surface area contributed by atoms with Gasteiger partial charge < -0.3 is 19.5 Å². The van der Waals surface area contributed by atoms with Gasteiger partial charge in [0.25, 0.3) is 0 Å². The second kappa shape index (κ2) is 10.9. The van der Waals surface area contributed by atoms with Crippen LogP contribution in [0.15, 0.2) is 42.7 Å². The van der Waals surface area contributed by atoms with Gasteiger partial charge in [0.05, 0.1) is 43.7 Å². The maximum absolute atomic E-state index is 14.6. The number of likely N-dealkylation sites (tertiary alicyclic amines) is 1. The van der Waals surface area contributed by atoms with Crippen LogP contribution in [0.3, 0.4) is 0 Å². The van der Waals surface area contributed by atoms with Gasteiger partial charge in [0.2, 0.25) is 0 Å². The molecule has 0 unspecified atom stereocenters. The molecule has 2 fully saturated rings. The predicted octanol–water partition coefficient (Wildman–Crippen LogP) is 3.74. The Morgan fingerprint density at radius 3 is 2.68 bits per heavy atom. The first-order valence-electron chi connectivity index (χ1n) is 12.1. The highest BCUT2D eigenvalue weighted by Crippen LogP contribution is 2.31. The monoisotopic (exact) mass is 510 g/mol. The normalized spacial score (nSPS) is 19.9. The van der Waals surface area contributed by atoms with E-state index in [4.69, 9.17) is 14.2 Å². The molecular weight excluding hydrogens is 482 g/mol. The van der Waals surface area contributed by atoms with Crippen molar-refractivity contribution < 1.29 is 27.8 Å². The number of rotatable bonds is 8. The summed E-state index contributed by atoms with van der Waals surface area (Å²) < 4.78 is 45.3. The van der Waals surface area contributed by atoms with E-state index in [9.17, 15) is 13.6 Å². The van der Waals surface area contributed by atoms with Crippen molar-refractivity contribution in [2.45, 2.75) is 25.6 Å². The van der Waals surface area contributed by atoms with E-state index in [0.29, 0.717) is 47.8 Å². The number of benzene rings is 2. The standard InChI is InChI=1S/C27H28F2N4O4/c1-16-20(28)5-6-21(26(16)29)32-27-19-11-17(23(35-2)12-22(19)30-15-31-27)10-18(34)4-3-7-33-13-24-25(14-33)37-9-8-36-24/h3-6,11-12,15,24-25H,7-10,13-14H2,1-2H3,(H,30,31,32)/b4-3+/t24-,25+. The molecular formula is C27H28F2N4O4. The van der Waals surface area contributed by atoms with Crippen LogP contribution in [-0.4, -0.2) is 72.8 Å². The van der Waals surface area contributed by atoms with Gasteiger partial charge in [-0.15, -0.1) is 0 Å². The van der Waals surface area contributed by atoms with E-state index in [0.717, 1.165) is 13.1 Å². The Labute approximate surface area is 213 Å². The van der Waals surface area contributed by atoms with Crippen LogP contribution < -0.4 is 10.1 Å². The molecule has 0 saturated carbocycles. The average molecular weight is 511 g/mol. The highest BCUT2D eigenvalue weighted by molar-refractivity contribution is 5.96. The summed E-state index contributed by atoms with van der Waals surface area (Å²) in [6.07, 6.45) is 5.06. The number of aromatic nitrogens is 2. The van der Waals surface area contributed by atoms with Crippen molar-refractivity contribution in [3.8, 4) is 5.75 Å². The van der Waals surface area contributed by atoms with Crippen molar-refractivity contribution in [3.63, 3.8) is 0 Å². The Bertz CT molecular complexity index is 1340. The lowest BCUT2D eigenvalue weighted by molar-refractivity contribution is -0.116. The molecule has 1 N–H and O–H groups in total. The molecule has 37 heavy (non-hydrogen) atoms. The zero-order valence-corrected chi connectivity index (χ0v) is 20.7. The van der Waals surface area contributed by atoms with Crippen LogP contribution >= 0.6 is 0 Å². The van der Waals surface area contributed by atoms with Gasteiger partial charge in [-0.25, -0.2) is 18.7 Å². The van der Waals surface area contributed by atoms with E-state index in [1.54, 1.807) is 18.2 Å². The summed E-state index contributed by atoms with van der Waals surface area (Å²) in [4.78, 5) is 23.5. The summed E-state index contributed by atoms with van der Waals surface area (Å²) in [5.41, 5.74) is 1.20. The number of anilines is 2. The largest absolute Gasteiger partial charge is 0.496 e. The van der Waals surface area contributed by atoms with Crippen LogP contribution in [0, 0.1) is 18.6 Å². The quantitative estimate of drug-likeness (QED) is 0.459. The molecule has 3 aromatic rings. The lowest BCUT2D eigenvalue weighted by Gasteiger charge is -2.24. The number of allylic oxidation sites excluding steroid dienone is 1. The molecule has 10 heteroatoms. The molecule has 2 atom stereocenters. The van der Waals surface area contributed by atoms with Crippen molar-refractivity contribution in [2.24, 2.45) is 0 Å². The third-order valence-electron chi connectivity index (χ3n) is 6.68. The molecule has 194 valence electrons. The highest BCUT2D eigenvalue weighted by Gasteiger charge is 2.35. The van der Waals surface area contributed by atoms with E-state index in [2.05, 4.69) is 20.2 Å². The summed E-state index contributed by atoms with van der Waals surface area (Å²) in [6.45, 7) is 4.81. The van der Waals surface area contributed by atoms with Gasteiger partial charge in [-0.05, 0) is 31.2 Å². The fourth-order valence-corrected chi connectivity index (χ4v) is 4.71. The molecule has 8 nitrogen and oxygen atoms in total. The van der Waals surface area contributed by atoms with Crippen molar-refractivity contribution in [2.75, 3.05) is 45.3 Å². The molecule has 2 aromatic carbocycles. The first-order chi connectivity index (χ1) is 17.9. The minimum atomic E-state index is -0.698. The van der Waals surface area contributed by atoms with Crippen molar-refractivity contribution in [3.05, 3.63) is 65.5 Å². The number of methoxy groups -OCH3 is 1. The third kappa shape index (κ3) is 5.46. The molecule has 2 saturated heterocycles. The minimum Gasteiger partial charge on any atom is -0.496 e. The summed E-state index contributed by atoms with van der Waals surface area (Å²) in [5.74, 6) is -0.564. The Hall–Kier alpha value is -3.47. The molecule has 0 spiro atoms. The predicted molar refractivity (Wildman–Crippen MR) is 134 cm³/mol. The van der Waals surface area contributed by atoms with Gasteiger partial charge in [0.1, 0.15) is 23.7 Å². The second-order valence-corrected chi connectivity index (χ2v) is 9.14. The van der Waals surface area contributed by atoms with E-state index in [1.807, 2.05) is 6.08 Å². The Kier molecular flexibility index (Phi) is 7.40. The molecule has 3 heterocycles. The zero-order valence-electron chi connectivity index (χ0n) is 20.7. The molecule has 0 aliphatic carbocycles. The maximum Gasteiger partial charge on any atom is 0.159 e. The van der Waals surface area contributed by atoms with Gasteiger partial charge in [-0.3, -0.25) is 9.69 Å². The van der Waals surface area contributed by atoms with E-state index in [-0.39, 0.29) is 35.7 Å². The number of carbonyl (C=O) groups excluding carboxylic acids is 1. The number of carbonyl (C=O) groups is 1.